The second-order valence-corrected chi connectivity index (χ2v) is 4.50. The molecule has 0 aliphatic carbocycles. The van der Waals surface area contributed by atoms with Crippen molar-refractivity contribution in [2.45, 2.75) is 6.92 Å². The molecular formula is C15H13N3O. The molecule has 0 aliphatic rings. The maximum absolute atomic E-state index is 12.3. The first kappa shape index (κ1) is 11.5. The van der Waals surface area contributed by atoms with E-state index in [1.807, 2.05) is 55.5 Å². The fraction of sp³-hybridized carbons (Fsp3) is 0.0667. The van der Waals surface area contributed by atoms with Crippen molar-refractivity contribution >= 4 is 10.9 Å². The predicted octanol–water partition coefficient (Wildman–Crippen LogP) is 2.09. The van der Waals surface area contributed by atoms with E-state index in [0.717, 1.165) is 15.8 Å². The van der Waals surface area contributed by atoms with E-state index >= 15 is 0 Å². The summed E-state index contributed by atoms with van der Waals surface area (Å²) in [6.07, 6.45) is 0. The largest absolute Gasteiger partial charge is 0.334 e. The van der Waals surface area contributed by atoms with E-state index in [0.29, 0.717) is 16.7 Å². The van der Waals surface area contributed by atoms with Crippen LogP contribution in [0.4, 0.5) is 0 Å². The lowest BCUT2D eigenvalue weighted by molar-refractivity contribution is 0.927. The molecule has 0 amide bonds. The van der Waals surface area contributed by atoms with Crippen LogP contribution in [-0.2, 0) is 0 Å². The van der Waals surface area contributed by atoms with E-state index in [1.165, 1.54) is 0 Å². The zero-order valence-corrected chi connectivity index (χ0v) is 10.5. The molecule has 0 aliphatic heterocycles. The molecule has 4 nitrogen and oxygen atoms in total. The summed E-state index contributed by atoms with van der Waals surface area (Å²) in [4.78, 5) is 16.8. The number of nitrogens with two attached hydrogens (primary N) is 1. The average Bonchev–Trinajstić information content (AvgIpc) is 2.44. The molecule has 0 saturated heterocycles. The summed E-state index contributed by atoms with van der Waals surface area (Å²) >= 11 is 0. The first-order valence-electron chi connectivity index (χ1n) is 6.01. The van der Waals surface area contributed by atoms with Gasteiger partial charge in [-0.05, 0) is 19.1 Å². The van der Waals surface area contributed by atoms with Crippen molar-refractivity contribution in [2.75, 3.05) is 5.84 Å². The smallest absolute Gasteiger partial charge is 0.280 e. The quantitative estimate of drug-likeness (QED) is 0.674. The number of benzene rings is 2. The highest BCUT2D eigenvalue weighted by Crippen LogP contribution is 2.17. The number of hydrogen-bond donors (Lipinski definition) is 1. The third-order valence-corrected chi connectivity index (χ3v) is 3.09. The van der Waals surface area contributed by atoms with Gasteiger partial charge in [0.25, 0.3) is 5.56 Å². The molecule has 94 valence electrons. The van der Waals surface area contributed by atoms with Gasteiger partial charge in [0.05, 0.1) is 10.9 Å². The molecule has 0 unspecified atom stereocenters. The topological polar surface area (TPSA) is 60.9 Å². The molecule has 3 rings (SSSR count). The van der Waals surface area contributed by atoms with Crippen LogP contribution in [0.15, 0.2) is 53.3 Å². The first-order valence-corrected chi connectivity index (χ1v) is 6.01. The van der Waals surface area contributed by atoms with Crippen LogP contribution in [-0.4, -0.2) is 9.66 Å². The Morgan fingerprint density at radius 1 is 1.11 bits per heavy atom. The van der Waals surface area contributed by atoms with Gasteiger partial charge < -0.3 is 5.84 Å². The van der Waals surface area contributed by atoms with Gasteiger partial charge in [0, 0.05) is 5.56 Å². The lowest BCUT2D eigenvalue weighted by atomic mass is 10.1. The fourth-order valence-corrected chi connectivity index (χ4v) is 2.10. The highest BCUT2D eigenvalue weighted by atomic mass is 16.1. The zero-order valence-electron chi connectivity index (χ0n) is 10.5. The van der Waals surface area contributed by atoms with E-state index in [4.69, 9.17) is 5.84 Å². The maximum atomic E-state index is 12.3. The van der Waals surface area contributed by atoms with Crippen LogP contribution in [0, 0.1) is 6.92 Å². The molecule has 1 heterocycles. The summed E-state index contributed by atoms with van der Waals surface area (Å²) in [6, 6.07) is 15.0. The van der Waals surface area contributed by atoms with Crippen LogP contribution in [0.3, 0.4) is 0 Å². The molecule has 1 aromatic heterocycles. The Labute approximate surface area is 110 Å². The number of nitrogen functional groups attached to an aromatic ring is 1. The molecule has 4 heteroatoms. The summed E-state index contributed by atoms with van der Waals surface area (Å²) in [5.74, 6) is 6.35. The van der Waals surface area contributed by atoms with Crippen molar-refractivity contribution in [1.29, 1.82) is 0 Å². The van der Waals surface area contributed by atoms with E-state index < -0.39 is 0 Å². The van der Waals surface area contributed by atoms with Crippen molar-refractivity contribution in [1.82, 2.24) is 9.66 Å². The van der Waals surface area contributed by atoms with Gasteiger partial charge in [0.1, 0.15) is 0 Å². The van der Waals surface area contributed by atoms with Gasteiger partial charge >= 0.3 is 0 Å². The average molecular weight is 251 g/mol. The van der Waals surface area contributed by atoms with E-state index in [-0.39, 0.29) is 5.56 Å². The van der Waals surface area contributed by atoms with Crippen molar-refractivity contribution in [3.8, 4) is 11.4 Å². The Morgan fingerprint density at radius 2 is 1.84 bits per heavy atom. The zero-order chi connectivity index (χ0) is 13.4. The van der Waals surface area contributed by atoms with Gasteiger partial charge in [-0.3, -0.25) is 4.79 Å². The van der Waals surface area contributed by atoms with Crippen LogP contribution >= 0.6 is 0 Å². The molecular weight excluding hydrogens is 238 g/mol. The number of hydrogen-bond acceptors (Lipinski definition) is 3. The number of nitrogens with zero attached hydrogens (tertiary/aromatic N) is 2. The van der Waals surface area contributed by atoms with Gasteiger partial charge in [0.15, 0.2) is 5.82 Å². The predicted molar refractivity (Wildman–Crippen MR) is 76.3 cm³/mol. The minimum atomic E-state index is -0.229. The number of aryl methyl sites for hydroxylation is 1. The monoisotopic (exact) mass is 251 g/mol. The molecule has 0 bridgehead atoms. The third kappa shape index (κ3) is 1.87. The van der Waals surface area contributed by atoms with Gasteiger partial charge in [0.2, 0.25) is 0 Å². The molecule has 0 fully saturated rings. The third-order valence-electron chi connectivity index (χ3n) is 3.09. The van der Waals surface area contributed by atoms with E-state index in [9.17, 15) is 4.79 Å². The first-order chi connectivity index (χ1) is 9.16. The summed E-state index contributed by atoms with van der Waals surface area (Å²) in [5, 5.41) is 0.544. The molecule has 2 N–H and O–H groups in total. The Bertz CT molecular complexity index is 807. The van der Waals surface area contributed by atoms with Crippen molar-refractivity contribution in [3.05, 3.63) is 64.4 Å². The van der Waals surface area contributed by atoms with Gasteiger partial charge in [-0.2, -0.15) is 0 Å². The van der Waals surface area contributed by atoms with Crippen LogP contribution < -0.4 is 11.4 Å². The molecule has 0 saturated carbocycles. The van der Waals surface area contributed by atoms with Gasteiger partial charge in [-0.1, -0.05) is 42.0 Å². The fourth-order valence-electron chi connectivity index (χ4n) is 2.10. The lowest BCUT2D eigenvalue weighted by Crippen LogP contribution is -2.29. The van der Waals surface area contributed by atoms with Crippen molar-refractivity contribution in [3.63, 3.8) is 0 Å². The van der Waals surface area contributed by atoms with Crippen LogP contribution in [0.2, 0.25) is 0 Å². The van der Waals surface area contributed by atoms with Gasteiger partial charge in [-0.15, -0.1) is 0 Å². The normalized spacial score (nSPS) is 10.8. The molecule has 0 radical (unpaired) electrons. The maximum Gasteiger partial charge on any atom is 0.280 e. The van der Waals surface area contributed by atoms with Crippen LogP contribution in [0.5, 0.6) is 0 Å². The second kappa shape index (κ2) is 4.24. The van der Waals surface area contributed by atoms with Crippen LogP contribution in [0.25, 0.3) is 22.3 Å². The number of rotatable bonds is 1. The number of aromatic nitrogens is 2. The Hall–Kier alpha value is -2.62. The lowest BCUT2D eigenvalue weighted by Gasteiger charge is -2.09. The highest BCUT2D eigenvalue weighted by molar-refractivity contribution is 5.80. The molecule has 0 spiro atoms. The number of fused-ring (bicyclic) bond motifs is 1. The Balaban J connectivity index is 2.37. The molecule has 0 atom stereocenters. The van der Waals surface area contributed by atoms with E-state index in [2.05, 4.69) is 4.98 Å². The SMILES string of the molecule is Cc1ccc2nc(-c3ccccc3)n(N)c(=O)c2c1. The van der Waals surface area contributed by atoms with E-state index in [1.54, 1.807) is 0 Å². The van der Waals surface area contributed by atoms with Crippen LogP contribution in [0.1, 0.15) is 5.56 Å². The summed E-state index contributed by atoms with van der Waals surface area (Å²) in [7, 11) is 0. The molecule has 2 aromatic carbocycles. The summed E-state index contributed by atoms with van der Waals surface area (Å²) < 4.78 is 1.11. The Morgan fingerprint density at radius 3 is 2.58 bits per heavy atom. The van der Waals surface area contributed by atoms with Gasteiger partial charge in [-0.25, -0.2) is 9.66 Å². The Kier molecular flexibility index (Phi) is 2.56. The molecule has 3 aromatic rings. The minimum absolute atomic E-state index is 0.229. The van der Waals surface area contributed by atoms with Crippen molar-refractivity contribution in [2.24, 2.45) is 0 Å². The highest BCUT2D eigenvalue weighted by Gasteiger charge is 2.10. The molecule has 19 heavy (non-hydrogen) atoms. The summed E-state index contributed by atoms with van der Waals surface area (Å²) in [5.41, 5.74) is 2.27. The second-order valence-electron chi connectivity index (χ2n) is 4.50. The minimum Gasteiger partial charge on any atom is -0.334 e. The van der Waals surface area contributed by atoms with Crippen molar-refractivity contribution < 1.29 is 0 Å². The standard InChI is InChI=1S/C15H13N3O/c1-10-7-8-13-12(9-10)15(19)18(16)14(17-13)11-5-3-2-4-6-11/h2-9H,16H2,1H3. The summed E-state index contributed by atoms with van der Waals surface area (Å²) in [6.45, 7) is 1.94.